The Kier molecular flexibility index (Phi) is 3.78. The lowest BCUT2D eigenvalue weighted by atomic mass is 9.89. The molecule has 3 rings (SSSR count). The summed E-state index contributed by atoms with van der Waals surface area (Å²) in [5, 5.41) is 9.26. The monoisotopic (exact) mass is 279 g/mol. The molecule has 4 unspecified atom stereocenters. The Hall–Kier alpha value is 0.150. The van der Waals surface area contributed by atoms with E-state index in [4.69, 9.17) is 5.11 Å². The average Bonchev–Trinajstić information content (AvgIpc) is 2.72. The minimum atomic E-state index is -0.900. The Bertz CT molecular complexity index is 315. The van der Waals surface area contributed by atoms with Crippen LogP contribution in [0.3, 0.4) is 0 Å². The first-order chi connectivity index (χ1) is 7.60. The molecule has 4 atom stereocenters. The zero-order valence-corrected chi connectivity index (χ0v) is 11.0. The molecule has 0 spiro atoms. The molecule has 3 fully saturated rings. The van der Waals surface area contributed by atoms with Crippen LogP contribution in [-0.2, 0) is 9.59 Å². The first-order valence-corrected chi connectivity index (χ1v) is 7.12. The number of thiol groups is 2. The van der Waals surface area contributed by atoms with Gasteiger partial charge in [0.05, 0.1) is 5.92 Å². The van der Waals surface area contributed by atoms with Crippen LogP contribution >= 0.6 is 37.2 Å². The van der Waals surface area contributed by atoms with Gasteiger partial charge in [0.2, 0.25) is 0 Å². The normalized spacial score (nSPS) is 36.2. The van der Waals surface area contributed by atoms with Crippen LogP contribution in [0.1, 0.15) is 0 Å². The van der Waals surface area contributed by atoms with E-state index in [-0.39, 0.29) is 22.9 Å². The molecule has 90 valence electrons. The molecule has 3 heterocycles. The zero-order valence-electron chi connectivity index (χ0n) is 8.44. The van der Waals surface area contributed by atoms with Gasteiger partial charge in [-0.15, -0.1) is 0 Å². The van der Waals surface area contributed by atoms with Crippen molar-refractivity contribution in [3.63, 3.8) is 0 Å². The Morgan fingerprint density at radius 1 is 1.44 bits per heavy atom. The van der Waals surface area contributed by atoms with Gasteiger partial charge in [0.15, 0.2) is 0 Å². The highest BCUT2D eigenvalue weighted by molar-refractivity contribution is 7.99. The second-order valence-electron chi connectivity index (χ2n) is 4.02. The topological polar surface area (TPSA) is 57.6 Å². The third kappa shape index (κ3) is 1.87. The van der Waals surface area contributed by atoms with Gasteiger partial charge in [-0.2, -0.15) is 25.3 Å². The number of aliphatic carboxylic acids is 1. The Labute approximate surface area is 109 Å². The van der Waals surface area contributed by atoms with Crippen LogP contribution in [0.25, 0.3) is 0 Å². The number of carbonyl (C=O) groups excluding carboxylic acids is 1. The van der Waals surface area contributed by atoms with Crippen molar-refractivity contribution < 1.29 is 14.7 Å². The largest absolute Gasteiger partial charge is 0.480 e. The number of carboxylic acids is 1. The molecule has 1 N–H and O–H groups in total. The molecule has 16 heavy (non-hydrogen) atoms. The molecule has 0 amide bonds. The van der Waals surface area contributed by atoms with Gasteiger partial charge in [-0.3, -0.25) is 9.59 Å². The first-order valence-electron chi connectivity index (χ1n) is 5.01. The van der Waals surface area contributed by atoms with E-state index >= 15 is 0 Å². The molecule has 0 saturated carbocycles. The van der Waals surface area contributed by atoms with E-state index in [0.29, 0.717) is 18.1 Å². The predicted molar refractivity (Wildman–Crippen MR) is 69.2 cm³/mol. The molecule has 2 bridgehead atoms. The van der Waals surface area contributed by atoms with Gasteiger partial charge in [-0.1, -0.05) is 11.9 Å². The highest BCUT2D eigenvalue weighted by Crippen LogP contribution is 2.49. The van der Waals surface area contributed by atoms with Gasteiger partial charge in [0.25, 0.3) is 0 Å². The Morgan fingerprint density at radius 2 is 2.00 bits per heavy atom. The molecule has 0 aromatic carbocycles. The van der Waals surface area contributed by atoms with Gasteiger partial charge in [0, 0.05) is 29.2 Å². The molecule has 3 saturated heterocycles. The minimum Gasteiger partial charge on any atom is -0.480 e. The summed E-state index contributed by atoms with van der Waals surface area (Å²) in [6.07, 6.45) is 0. The lowest BCUT2D eigenvalue weighted by Crippen LogP contribution is -2.38. The van der Waals surface area contributed by atoms with Crippen LogP contribution in [0.4, 0.5) is 0 Å². The van der Waals surface area contributed by atoms with Crippen molar-refractivity contribution >= 4 is 49.0 Å². The molecule has 0 aliphatic carbocycles. The lowest BCUT2D eigenvalue weighted by Gasteiger charge is -2.26. The number of hydrogen-bond acceptors (Lipinski definition) is 6. The molecule has 7 heteroatoms. The van der Waals surface area contributed by atoms with Crippen molar-refractivity contribution in [1.82, 2.24) is 4.31 Å². The third-order valence-electron chi connectivity index (χ3n) is 3.11. The van der Waals surface area contributed by atoms with Crippen molar-refractivity contribution in [1.29, 1.82) is 0 Å². The molecule has 0 aromatic heterocycles. The SMILES string of the molecule is O=C(C(CS)CS)C1C2CN(S2)C1C(=O)O. The highest BCUT2D eigenvalue weighted by Gasteiger charge is 2.58. The maximum Gasteiger partial charge on any atom is 0.322 e. The fourth-order valence-electron chi connectivity index (χ4n) is 2.21. The van der Waals surface area contributed by atoms with E-state index in [1.165, 1.54) is 11.9 Å². The number of rotatable bonds is 5. The summed E-state index contributed by atoms with van der Waals surface area (Å²) in [5.74, 6) is -0.644. The van der Waals surface area contributed by atoms with E-state index in [1.54, 1.807) is 4.31 Å². The fraction of sp³-hybridized carbons (Fsp3) is 0.778. The van der Waals surface area contributed by atoms with E-state index in [9.17, 15) is 9.59 Å². The summed E-state index contributed by atoms with van der Waals surface area (Å²) in [5.41, 5.74) is 0. The van der Waals surface area contributed by atoms with E-state index in [1.807, 2.05) is 0 Å². The summed E-state index contributed by atoms with van der Waals surface area (Å²) in [7, 11) is 0. The van der Waals surface area contributed by atoms with Crippen molar-refractivity contribution in [2.75, 3.05) is 18.1 Å². The second-order valence-corrected chi connectivity index (χ2v) is 6.03. The zero-order chi connectivity index (χ0) is 11.9. The number of fused-ring (bicyclic) bond motifs is 1. The second kappa shape index (κ2) is 4.80. The molecule has 0 radical (unpaired) electrons. The van der Waals surface area contributed by atoms with Gasteiger partial charge < -0.3 is 5.11 Å². The van der Waals surface area contributed by atoms with Crippen LogP contribution in [0.5, 0.6) is 0 Å². The number of hydrogen-bond donors (Lipinski definition) is 3. The maximum absolute atomic E-state index is 12.2. The van der Waals surface area contributed by atoms with Crippen LogP contribution in [0.15, 0.2) is 0 Å². The Balaban J connectivity index is 2.14. The summed E-state index contributed by atoms with van der Waals surface area (Å²) in [4.78, 5) is 23.3. The number of nitrogens with zero attached hydrogens (tertiary/aromatic N) is 1. The molecule has 4 nitrogen and oxygen atoms in total. The van der Waals surface area contributed by atoms with Gasteiger partial charge >= 0.3 is 5.97 Å². The lowest BCUT2D eigenvalue weighted by molar-refractivity contribution is -0.144. The van der Waals surface area contributed by atoms with Crippen molar-refractivity contribution in [3.8, 4) is 0 Å². The van der Waals surface area contributed by atoms with E-state index < -0.39 is 12.0 Å². The van der Waals surface area contributed by atoms with Crippen LogP contribution in [0, 0.1) is 11.8 Å². The summed E-state index contributed by atoms with van der Waals surface area (Å²) < 4.78 is 1.78. The predicted octanol–water partition coefficient (Wildman–Crippen LogP) is 0.447. The van der Waals surface area contributed by atoms with Crippen LogP contribution in [-0.4, -0.2) is 50.5 Å². The number of carbonyl (C=O) groups is 2. The highest BCUT2D eigenvalue weighted by atomic mass is 32.2. The van der Waals surface area contributed by atoms with Crippen LogP contribution < -0.4 is 0 Å². The molecule has 3 aliphatic rings. The van der Waals surface area contributed by atoms with Crippen molar-refractivity contribution in [2.24, 2.45) is 11.8 Å². The maximum atomic E-state index is 12.2. The summed E-state index contributed by atoms with van der Waals surface area (Å²) in [6, 6.07) is -0.648. The standard InChI is InChI=1S/C9H13NO3S3/c11-8(4(2-14)3-15)6-5-1-10(16-5)7(6)9(12)13/h4-7,14-15H,1-3H2,(H,12,13). The number of Topliss-reactive ketones (excluding diaryl/α,β-unsaturated/α-hetero) is 1. The van der Waals surface area contributed by atoms with Crippen molar-refractivity contribution in [3.05, 3.63) is 0 Å². The molecular formula is C9H13NO3S3. The summed E-state index contributed by atoms with van der Waals surface area (Å²) >= 11 is 9.72. The quantitative estimate of drug-likeness (QED) is 0.504. The van der Waals surface area contributed by atoms with E-state index in [0.717, 1.165) is 0 Å². The van der Waals surface area contributed by atoms with E-state index in [2.05, 4.69) is 25.3 Å². The smallest absolute Gasteiger partial charge is 0.322 e. The summed E-state index contributed by atoms with van der Waals surface area (Å²) in [6.45, 7) is 0.712. The number of ketones is 1. The third-order valence-corrected chi connectivity index (χ3v) is 5.35. The minimum absolute atomic E-state index is 0.00917. The van der Waals surface area contributed by atoms with Crippen molar-refractivity contribution in [2.45, 2.75) is 11.3 Å². The van der Waals surface area contributed by atoms with Gasteiger partial charge in [-0.05, 0) is 0 Å². The average molecular weight is 279 g/mol. The van der Waals surface area contributed by atoms with Gasteiger partial charge in [0.1, 0.15) is 11.8 Å². The molecular weight excluding hydrogens is 266 g/mol. The molecule has 0 aromatic rings. The fourth-order valence-corrected chi connectivity index (χ4v) is 4.36. The van der Waals surface area contributed by atoms with Gasteiger partial charge in [-0.25, -0.2) is 4.31 Å². The number of carboxylic acid groups (broad SMARTS) is 1. The van der Waals surface area contributed by atoms with Crippen LogP contribution in [0.2, 0.25) is 0 Å². The Morgan fingerprint density at radius 3 is 2.44 bits per heavy atom. The first kappa shape index (κ1) is 12.6. The molecule has 3 aliphatic heterocycles.